The highest BCUT2D eigenvalue weighted by molar-refractivity contribution is 5.90. The molecule has 0 aliphatic rings. The Morgan fingerprint density at radius 2 is 0.790 bits per heavy atom. The van der Waals surface area contributed by atoms with Crippen LogP contribution >= 0.6 is 0 Å². The summed E-state index contributed by atoms with van der Waals surface area (Å²) in [5.74, 6) is 0. The topological polar surface area (TPSA) is 6.48 Å². The van der Waals surface area contributed by atoms with Crippen LogP contribution in [0.15, 0.2) is 256 Å². The van der Waals surface area contributed by atoms with Crippen LogP contribution in [0.4, 0.5) is 34.1 Å². The Balaban J connectivity index is 1.12. The Hall–Kier alpha value is -7.94. The average molecular weight is 799 g/mol. The van der Waals surface area contributed by atoms with Gasteiger partial charge in [-0.2, -0.15) is 0 Å². The van der Waals surface area contributed by atoms with Crippen molar-refractivity contribution < 1.29 is 0 Å². The minimum Gasteiger partial charge on any atom is -0.311 e. The van der Waals surface area contributed by atoms with Gasteiger partial charge in [-0.1, -0.05) is 183 Å². The van der Waals surface area contributed by atoms with Crippen molar-refractivity contribution in [3.63, 3.8) is 0 Å². The molecule has 0 atom stereocenters. The first-order valence-corrected chi connectivity index (χ1v) is 21.1. The molecule has 0 aromatic heterocycles. The second-order valence-corrected chi connectivity index (χ2v) is 15.0. The summed E-state index contributed by atoms with van der Waals surface area (Å²) < 4.78 is 0. The lowest BCUT2D eigenvalue weighted by atomic mass is 9.92. The predicted octanol–water partition coefficient (Wildman–Crippen LogP) is 17.4. The van der Waals surface area contributed by atoms with Crippen LogP contribution in [0.2, 0.25) is 0 Å². The van der Waals surface area contributed by atoms with E-state index in [1.54, 1.807) is 6.08 Å². The molecule has 8 rings (SSSR count). The molecule has 0 saturated heterocycles. The number of nitrogens with zero attached hydrogens (tertiary/aromatic N) is 2. The second kappa shape index (κ2) is 19.4. The van der Waals surface area contributed by atoms with Crippen LogP contribution < -0.4 is 9.80 Å². The summed E-state index contributed by atoms with van der Waals surface area (Å²) >= 11 is 0. The molecule has 0 saturated carbocycles. The monoisotopic (exact) mass is 798 g/mol. The number of hydrogen-bond acceptors (Lipinski definition) is 2. The SMILES string of the molecule is C=C/C=C(\C=C)c1ccc(N(c2ccccc2)c2ccc(-c3ccc(-c4ccc(N(c5ccccc5)c5ccc(C(/C=C\C)=C/C)cc5)cc4)cc3)c(-c3ccccc3)c2)cc1. The van der Waals surface area contributed by atoms with E-state index in [0.29, 0.717) is 0 Å². The molecule has 0 fully saturated rings. The van der Waals surface area contributed by atoms with E-state index < -0.39 is 0 Å². The first-order valence-electron chi connectivity index (χ1n) is 21.1. The van der Waals surface area contributed by atoms with Gasteiger partial charge in [0.2, 0.25) is 0 Å². The van der Waals surface area contributed by atoms with Crippen LogP contribution in [0.5, 0.6) is 0 Å². The average Bonchev–Trinajstić information content (AvgIpc) is 3.34. The first-order chi connectivity index (χ1) is 30.6. The first kappa shape index (κ1) is 40.8. The van der Waals surface area contributed by atoms with Crippen molar-refractivity contribution in [1.29, 1.82) is 0 Å². The summed E-state index contributed by atoms with van der Waals surface area (Å²) in [5.41, 5.74) is 18.1. The van der Waals surface area contributed by atoms with E-state index in [1.807, 2.05) is 12.2 Å². The lowest BCUT2D eigenvalue weighted by molar-refractivity contribution is 1.28. The highest BCUT2D eigenvalue weighted by Crippen LogP contribution is 2.42. The largest absolute Gasteiger partial charge is 0.311 e. The predicted molar refractivity (Wildman–Crippen MR) is 269 cm³/mol. The molecule has 0 aliphatic heterocycles. The van der Waals surface area contributed by atoms with E-state index in [-0.39, 0.29) is 0 Å². The minimum atomic E-state index is 1.03. The molecule has 300 valence electrons. The zero-order valence-corrected chi connectivity index (χ0v) is 35.4. The summed E-state index contributed by atoms with van der Waals surface area (Å²) in [6.45, 7) is 12.0. The molecule has 0 amide bonds. The van der Waals surface area contributed by atoms with Crippen LogP contribution in [0.1, 0.15) is 25.0 Å². The molecule has 62 heavy (non-hydrogen) atoms. The molecule has 2 heteroatoms. The molecule has 0 N–H and O–H groups in total. The third kappa shape index (κ3) is 8.96. The minimum absolute atomic E-state index is 1.03. The standard InChI is InChI=1S/C60H50N2/c1-5-18-45(7-3)47-30-36-55(37-31-47)61(53-22-14-10-15-23-53)56-40-34-50(35-41-56)49-26-28-52(29-27-49)59-43-42-58(44-60(59)51-20-12-9-13-21-51)62(54-24-16-11-17-25-54)57-38-32-48(33-39-57)46(8-4)19-6-2/h5-44H,2,4H2,1,3H3/b18-5-,45-7+,46-19+. The van der Waals surface area contributed by atoms with Crippen LogP contribution in [0, 0.1) is 0 Å². The van der Waals surface area contributed by atoms with E-state index in [0.717, 1.165) is 67.5 Å². The lowest BCUT2D eigenvalue weighted by Crippen LogP contribution is -2.10. The molecule has 8 aromatic carbocycles. The van der Waals surface area contributed by atoms with Gasteiger partial charge < -0.3 is 9.80 Å². The number of benzene rings is 8. The molecule has 0 bridgehead atoms. The second-order valence-electron chi connectivity index (χ2n) is 15.0. The maximum Gasteiger partial charge on any atom is 0.0468 e. The number of rotatable bonds is 14. The van der Waals surface area contributed by atoms with Gasteiger partial charge in [-0.3, -0.25) is 0 Å². The zero-order valence-electron chi connectivity index (χ0n) is 35.4. The van der Waals surface area contributed by atoms with Gasteiger partial charge in [0.05, 0.1) is 0 Å². The van der Waals surface area contributed by atoms with Crippen LogP contribution in [0.25, 0.3) is 44.5 Å². The van der Waals surface area contributed by atoms with Crippen molar-refractivity contribution in [3.8, 4) is 33.4 Å². The van der Waals surface area contributed by atoms with E-state index >= 15 is 0 Å². The molecule has 0 unspecified atom stereocenters. The van der Waals surface area contributed by atoms with E-state index in [2.05, 4.69) is 261 Å². The van der Waals surface area contributed by atoms with Gasteiger partial charge in [-0.05, 0) is 142 Å². The van der Waals surface area contributed by atoms with Gasteiger partial charge in [0.1, 0.15) is 0 Å². The van der Waals surface area contributed by atoms with Crippen molar-refractivity contribution in [2.24, 2.45) is 0 Å². The third-order valence-corrected chi connectivity index (χ3v) is 11.1. The Morgan fingerprint density at radius 3 is 1.27 bits per heavy atom. The summed E-state index contributed by atoms with van der Waals surface area (Å²) in [6.07, 6.45) is 12.0. The summed E-state index contributed by atoms with van der Waals surface area (Å²) in [7, 11) is 0. The fraction of sp³-hybridized carbons (Fsp3) is 0.0333. The quantitative estimate of drug-likeness (QED) is 0.101. The van der Waals surface area contributed by atoms with Crippen molar-refractivity contribution in [1.82, 2.24) is 0 Å². The van der Waals surface area contributed by atoms with Crippen LogP contribution in [0.3, 0.4) is 0 Å². The van der Waals surface area contributed by atoms with Crippen molar-refractivity contribution in [3.05, 3.63) is 267 Å². The molecule has 0 spiro atoms. The number of anilines is 6. The molecular formula is C60H50N2. The number of para-hydroxylation sites is 2. The van der Waals surface area contributed by atoms with Crippen molar-refractivity contribution >= 4 is 45.3 Å². The van der Waals surface area contributed by atoms with Gasteiger partial charge in [0.25, 0.3) is 0 Å². The fourth-order valence-electron chi connectivity index (χ4n) is 8.03. The Kier molecular flexibility index (Phi) is 12.8. The van der Waals surface area contributed by atoms with E-state index in [9.17, 15) is 0 Å². The summed E-state index contributed by atoms with van der Waals surface area (Å²) in [6, 6.07) is 73.9. The van der Waals surface area contributed by atoms with Gasteiger partial charge in [-0.25, -0.2) is 0 Å². The highest BCUT2D eigenvalue weighted by Gasteiger charge is 2.17. The molecule has 0 radical (unpaired) electrons. The van der Waals surface area contributed by atoms with Gasteiger partial charge in [0.15, 0.2) is 0 Å². The Labute approximate surface area is 367 Å². The molecule has 0 heterocycles. The third-order valence-electron chi connectivity index (χ3n) is 11.1. The number of allylic oxidation sites excluding steroid dienone is 8. The van der Waals surface area contributed by atoms with Crippen LogP contribution in [-0.2, 0) is 0 Å². The van der Waals surface area contributed by atoms with E-state index in [4.69, 9.17) is 0 Å². The molecular weight excluding hydrogens is 749 g/mol. The van der Waals surface area contributed by atoms with Crippen molar-refractivity contribution in [2.75, 3.05) is 9.80 Å². The van der Waals surface area contributed by atoms with Crippen molar-refractivity contribution in [2.45, 2.75) is 13.8 Å². The normalized spacial score (nSPS) is 11.6. The Bertz CT molecular complexity index is 2830. The molecule has 2 nitrogen and oxygen atoms in total. The Morgan fingerprint density at radius 1 is 0.387 bits per heavy atom. The van der Waals surface area contributed by atoms with Gasteiger partial charge >= 0.3 is 0 Å². The smallest absolute Gasteiger partial charge is 0.0468 e. The number of hydrogen-bond donors (Lipinski definition) is 0. The lowest BCUT2D eigenvalue weighted by Gasteiger charge is -2.27. The molecule has 8 aromatic rings. The molecule has 0 aliphatic carbocycles. The van der Waals surface area contributed by atoms with Gasteiger partial charge in [-0.15, -0.1) is 0 Å². The van der Waals surface area contributed by atoms with Gasteiger partial charge in [0, 0.05) is 34.1 Å². The summed E-state index contributed by atoms with van der Waals surface area (Å²) in [5, 5.41) is 0. The maximum absolute atomic E-state index is 4.01. The fourth-order valence-corrected chi connectivity index (χ4v) is 8.03. The highest BCUT2D eigenvalue weighted by atomic mass is 15.1. The van der Waals surface area contributed by atoms with Crippen LogP contribution in [-0.4, -0.2) is 0 Å². The summed E-state index contributed by atoms with van der Waals surface area (Å²) in [4.78, 5) is 4.63. The van der Waals surface area contributed by atoms with E-state index in [1.165, 1.54) is 22.3 Å². The maximum atomic E-state index is 4.01. The zero-order chi connectivity index (χ0) is 42.7.